The summed E-state index contributed by atoms with van der Waals surface area (Å²) < 4.78 is 51.9. The molecule has 3 nitrogen and oxygen atoms in total. The maximum Gasteiger partial charge on any atom is 0.182 e. The Labute approximate surface area is 149 Å². The fourth-order valence-electron chi connectivity index (χ4n) is 2.62. The zero-order valence-electron chi connectivity index (χ0n) is 13.5. The largest absolute Gasteiger partial charge is 0.298 e. The van der Waals surface area contributed by atoms with E-state index < -0.39 is 21.5 Å². The average molecular weight is 372 g/mol. The molecule has 0 atom stereocenters. The quantitative estimate of drug-likeness (QED) is 0.623. The molecular formula is C20H14F2O3S. The molecule has 0 saturated carbocycles. The molecule has 0 unspecified atom stereocenters. The van der Waals surface area contributed by atoms with Gasteiger partial charge < -0.3 is 0 Å². The maximum absolute atomic E-state index is 13.8. The van der Waals surface area contributed by atoms with Crippen molar-refractivity contribution in [1.29, 1.82) is 0 Å². The van der Waals surface area contributed by atoms with Gasteiger partial charge in [0.25, 0.3) is 0 Å². The Bertz CT molecular complexity index is 1060. The third kappa shape index (κ3) is 3.86. The van der Waals surface area contributed by atoms with Gasteiger partial charge >= 0.3 is 0 Å². The first-order valence-electron chi connectivity index (χ1n) is 7.71. The molecule has 0 saturated heterocycles. The maximum atomic E-state index is 13.8. The molecule has 3 rings (SSSR count). The van der Waals surface area contributed by atoms with E-state index in [9.17, 15) is 22.0 Å². The van der Waals surface area contributed by atoms with E-state index in [-0.39, 0.29) is 16.2 Å². The highest BCUT2D eigenvalue weighted by molar-refractivity contribution is 7.90. The zero-order chi connectivity index (χ0) is 18.7. The molecule has 3 aromatic rings. The second-order valence-corrected chi connectivity index (χ2v) is 7.76. The van der Waals surface area contributed by atoms with Crippen LogP contribution in [0, 0.1) is 11.6 Å². The predicted octanol–water partition coefficient (Wildman–Crippen LogP) is 4.42. The number of carbonyl (C=O) groups is 1. The lowest BCUT2D eigenvalue weighted by Crippen LogP contribution is -2.05. The first kappa shape index (κ1) is 17.9. The molecule has 0 spiro atoms. The van der Waals surface area contributed by atoms with Crippen LogP contribution >= 0.6 is 0 Å². The van der Waals surface area contributed by atoms with Gasteiger partial charge in [-0.05, 0) is 41.5 Å². The molecule has 0 bridgehead atoms. The van der Waals surface area contributed by atoms with Crippen LogP contribution in [0.2, 0.25) is 0 Å². The van der Waals surface area contributed by atoms with Crippen LogP contribution in [0.15, 0.2) is 71.6 Å². The van der Waals surface area contributed by atoms with Gasteiger partial charge in [0.1, 0.15) is 17.9 Å². The molecule has 0 radical (unpaired) electrons. The van der Waals surface area contributed by atoms with Crippen LogP contribution in [0.25, 0.3) is 11.1 Å². The summed E-state index contributed by atoms with van der Waals surface area (Å²) in [7, 11) is -3.62. The van der Waals surface area contributed by atoms with Crippen LogP contribution in [0.5, 0.6) is 0 Å². The highest BCUT2D eigenvalue weighted by Gasteiger charge is 2.16. The summed E-state index contributed by atoms with van der Waals surface area (Å²) in [6.07, 6.45) is 0.655. The van der Waals surface area contributed by atoms with E-state index in [2.05, 4.69) is 0 Å². The van der Waals surface area contributed by atoms with Gasteiger partial charge in [0.2, 0.25) is 0 Å². The third-order valence-electron chi connectivity index (χ3n) is 3.90. The van der Waals surface area contributed by atoms with E-state index in [4.69, 9.17) is 0 Å². The van der Waals surface area contributed by atoms with E-state index in [1.165, 1.54) is 36.4 Å². The van der Waals surface area contributed by atoms with Crippen LogP contribution in [0.4, 0.5) is 8.78 Å². The lowest BCUT2D eigenvalue weighted by molar-refractivity contribution is 0.112. The standard InChI is InChI=1S/C20H14F2O3S/c21-17-6-9-19(20(22)11-17)16-4-7-18(8-5-16)26(24,25)13-15-3-1-2-14(10-15)12-23/h1-12H,13H2. The van der Waals surface area contributed by atoms with Crippen molar-refractivity contribution in [1.82, 2.24) is 0 Å². The van der Waals surface area contributed by atoms with Crippen molar-refractivity contribution in [2.45, 2.75) is 10.6 Å². The van der Waals surface area contributed by atoms with Crippen molar-refractivity contribution in [3.63, 3.8) is 0 Å². The third-order valence-corrected chi connectivity index (χ3v) is 5.60. The second-order valence-electron chi connectivity index (χ2n) is 5.77. The predicted molar refractivity (Wildman–Crippen MR) is 94.5 cm³/mol. The molecule has 132 valence electrons. The number of benzene rings is 3. The summed E-state index contributed by atoms with van der Waals surface area (Å²) >= 11 is 0. The number of rotatable bonds is 5. The van der Waals surface area contributed by atoms with Crippen molar-refractivity contribution in [2.24, 2.45) is 0 Å². The normalized spacial score (nSPS) is 11.3. The molecule has 0 aliphatic rings. The Morgan fingerprint density at radius 1 is 0.885 bits per heavy atom. The number of carbonyl (C=O) groups excluding carboxylic acids is 1. The average Bonchev–Trinajstić information content (AvgIpc) is 2.62. The molecule has 3 aromatic carbocycles. The Morgan fingerprint density at radius 2 is 1.62 bits per heavy atom. The van der Waals surface area contributed by atoms with Crippen molar-refractivity contribution in [2.75, 3.05) is 0 Å². The Morgan fingerprint density at radius 3 is 2.27 bits per heavy atom. The second kappa shape index (κ2) is 7.17. The van der Waals surface area contributed by atoms with Crippen LogP contribution < -0.4 is 0 Å². The topological polar surface area (TPSA) is 51.2 Å². The van der Waals surface area contributed by atoms with Gasteiger partial charge in [0, 0.05) is 17.2 Å². The Kier molecular flexibility index (Phi) is 4.95. The first-order chi connectivity index (χ1) is 12.4. The number of sulfone groups is 1. The lowest BCUT2D eigenvalue weighted by atomic mass is 10.1. The van der Waals surface area contributed by atoms with Gasteiger partial charge in [-0.1, -0.05) is 30.3 Å². The molecule has 0 N–H and O–H groups in total. The van der Waals surface area contributed by atoms with Crippen molar-refractivity contribution in [3.05, 3.63) is 89.5 Å². The molecule has 0 amide bonds. The van der Waals surface area contributed by atoms with E-state index in [0.29, 0.717) is 23.0 Å². The van der Waals surface area contributed by atoms with Crippen molar-refractivity contribution < 1.29 is 22.0 Å². The van der Waals surface area contributed by atoms with Gasteiger partial charge in [0.05, 0.1) is 10.6 Å². The summed E-state index contributed by atoms with van der Waals surface area (Å²) in [6.45, 7) is 0. The smallest absolute Gasteiger partial charge is 0.182 e. The van der Waals surface area contributed by atoms with E-state index in [1.54, 1.807) is 18.2 Å². The van der Waals surface area contributed by atoms with Crippen molar-refractivity contribution in [3.8, 4) is 11.1 Å². The molecular weight excluding hydrogens is 358 g/mol. The zero-order valence-corrected chi connectivity index (χ0v) is 14.3. The molecule has 0 fully saturated rings. The molecule has 0 aromatic heterocycles. The highest BCUT2D eigenvalue weighted by atomic mass is 32.2. The summed E-state index contributed by atoms with van der Waals surface area (Å²) in [6, 6.07) is 15.3. The van der Waals surface area contributed by atoms with Gasteiger partial charge in [-0.15, -0.1) is 0 Å². The van der Waals surface area contributed by atoms with Gasteiger partial charge in [0.15, 0.2) is 9.84 Å². The van der Waals surface area contributed by atoms with E-state index in [0.717, 1.165) is 12.1 Å². The SMILES string of the molecule is O=Cc1cccc(CS(=O)(=O)c2ccc(-c3ccc(F)cc3F)cc2)c1. The minimum Gasteiger partial charge on any atom is -0.298 e. The van der Waals surface area contributed by atoms with Gasteiger partial charge in [-0.25, -0.2) is 17.2 Å². The molecule has 0 aliphatic heterocycles. The minimum absolute atomic E-state index is 0.0836. The molecule has 0 heterocycles. The number of hydrogen-bond acceptors (Lipinski definition) is 3. The fraction of sp³-hybridized carbons (Fsp3) is 0.0500. The van der Waals surface area contributed by atoms with Crippen LogP contribution in [-0.2, 0) is 15.6 Å². The summed E-state index contributed by atoms with van der Waals surface area (Å²) in [5.74, 6) is -1.65. The number of hydrogen-bond donors (Lipinski definition) is 0. The Balaban J connectivity index is 1.88. The summed E-state index contributed by atoms with van der Waals surface area (Å²) in [4.78, 5) is 10.9. The van der Waals surface area contributed by atoms with Gasteiger partial charge in [-0.2, -0.15) is 0 Å². The molecule has 26 heavy (non-hydrogen) atoms. The van der Waals surface area contributed by atoms with Crippen LogP contribution in [0.3, 0.4) is 0 Å². The van der Waals surface area contributed by atoms with Crippen LogP contribution in [0.1, 0.15) is 15.9 Å². The number of halogens is 2. The number of aldehydes is 1. The first-order valence-corrected chi connectivity index (χ1v) is 9.37. The monoisotopic (exact) mass is 372 g/mol. The highest BCUT2D eigenvalue weighted by Crippen LogP contribution is 2.26. The summed E-state index contributed by atoms with van der Waals surface area (Å²) in [5.41, 5.74) is 1.54. The van der Waals surface area contributed by atoms with E-state index >= 15 is 0 Å². The molecule has 6 heteroatoms. The Hall–Kier alpha value is -2.86. The van der Waals surface area contributed by atoms with E-state index in [1.807, 2.05) is 0 Å². The molecule has 0 aliphatic carbocycles. The minimum atomic E-state index is -3.62. The van der Waals surface area contributed by atoms with Crippen molar-refractivity contribution >= 4 is 16.1 Å². The summed E-state index contributed by atoms with van der Waals surface area (Å²) in [5, 5.41) is 0. The fourth-order valence-corrected chi connectivity index (χ4v) is 3.96. The van der Waals surface area contributed by atoms with Crippen LogP contribution in [-0.4, -0.2) is 14.7 Å². The van der Waals surface area contributed by atoms with Gasteiger partial charge in [-0.3, -0.25) is 4.79 Å². The lowest BCUT2D eigenvalue weighted by Gasteiger charge is -2.08.